The summed E-state index contributed by atoms with van der Waals surface area (Å²) in [6, 6.07) is 4.80. The lowest BCUT2D eigenvalue weighted by molar-refractivity contribution is -0.137. The van der Waals surface area contributed by atoms with E-state index in [1.165, 1.54) is 0 Å². The predicted molar refractivity (Wildman–Crippen MR) is 110 cm³/mol. The third-order valence-electron chi connectivity index (χ3n) is 3.92. The zero-order valence-corrected chi connectivity index (χ0v) is 17.8. The van der Waals surface area contributed by atoms with Gasteiger partial charge in [-0.15, -0.1) is 21.5 Å². The molecule has 0 aliphatic heterocycles. The van der Waals surface area contributed by atoms with Crippen molar-refractivity contribution in [2.24, 2.45) is 0 Å². The van der Waals surface area contributed by atoms with Crippen LogP contribution in [0.5, 0.6) is 0 Å². The Balaban J connectivity index is 1.70. The van der Waals surface area contributed by atoms with Gasteiger partial charge in [0.05, 0.1) is 22.0 Å². The molecule has 0 aliphatic carbocycles. The highest BCUT2D eigenvalue weighted by Crippen LogP contribution is 2.34. The van der Waals surface area contributed by atoms with E-state index in [0.717, 1.165) is 40.4 Å². The van der Waals surface area contributed by atoms with Crippen LogP contribution in [0.2, 0.25) is 5.02 Å². The van der Waals surface area contributed by atoms with Crippen molar-refractivity contribution in [2.75, 3.05) is 11.1 Å². The van der Waals surface area contributed by atoms with Crippen LogP contribution in [0.25, 0.3) is 11.4 Å². The number of halogens is 4. The standard InChI is InChI=1S/C18H16ClF3N4OS2/c1-3-26-16(11-6-10(2)28-8-11)24-25-17(26)29-9-15(27)23-14-7-12(18(20,21)22)4-5-13(14)19/h4-8H,3,9H2,1-2H3,(H,23,27). The number of alkyl halides is 3. The summed E-state index contributed by atoms with van der Waals surface area (Å²) in [5.74, 6) is 0.170. The van der Waals surface area contributed by atoms with Crippen molar-refractivity contribution >= 4 is 46.3 Å². The fourth-order valence-corrected chi connectivity index (χ4v) is 4.22. The normalized spacial score (nSPS) is 11.7. The summed E-state index contributed by atoms with van der Waals surface area (Å²) < 4.78 is 40.5. The minimum Gasteiger partial charge on any atom is -0.324 e. The SMILES string of the molecule is CCn1c(SCC(=O)Nc2cc(C(F)(F)F)ccc2Cl)nnc1-c1csc(C)c1. The summed E-state index contributed by atoms with van der Waals surface area (Å²) in [6.45, 7) is 4.55. The molecule has 0 spiro atoms. The number of nitrogens with one attached hydrogen (secondary N) is 1. The Morgan fingerprint density at radius 2 is 2.07 bits per heavy atom. The third-order valence-corrected chi connectivity index (χ3v) is 6.08. The van der Waals surface area contributed by atoms with Gasteiger partial charge in [0, 0.05) is 22.4 Å². The predicted octanol–water partition coefficient (Wildman–Crippen LogP) is 5.74. The molecule has 0 saturated heterocycles. The lowest BCUT2D eigenvalue weighted by Gasteiger charge is -2.11. The van der Waals surface area contributed by atoms with Crippen molar-refractivity contribution in [3.8, 4) is 11.4 Å². The summed E-state index contributed by atoms with van der Waals surface area (Å²) in [5, 5.41) is 13.3. The molecule has 0 fully saturated rings. The molecule has 1 aromatic carbocycles. The highest BCUT2D eigenvalue weighted by atomic mass is 35.5. The molecule has 11 heteroatoms. The Bertz CT molecular complexity index is 1030. The zero-order valence-electron chi connectivity index (χ0n) is 15.4. The van der Waals surface area contributed by atoms with Gasteiger partial charge in [0.2, 0.25) is 5.91 Å². The number of thioether (sulfide) groups is 1. The smallest absolute Gasteiger partial charge is 0.324 e. The van der Waals surface area contributed by atoms with Crippen molar-refractivity contribution < 1.29 is 18.0 Å². The second-order valence-corrected chi connectivity index (χ2v) is 8.49. The number of carbonyl (C=O) groups is 1. The quantitative estimate of drug-likeness (QED) is 0.477. The molecule has 3 rings (SSSR count). The number of thiophene rings is 1. The number of carbonyl (C=O) groups excluding carboxylic acids is 1. The fourth-order valence-electron chi connectivity index (χ4n) is 2.57. The Morgan fingerprint density at radius 3 is 2.69 bits per heavy atom. The molecule has 29 heavy (non-hydrogen) atoms. The van der Waals surface area contributed by atoms with Crippen LogP contribution in [0.1, 0.15) is 17.4 Å². The summed E-state index contributed by atoms with van der Waals surface area (Å²) in [4.78, 5) is 13.4. The van der Waals surface area contributed by atoms with Crippen molar-refractivity contribution in [1.82, 2.24) is 14.8 Å². The number of anilines is 1. The van der Waals surface area contributed by atoms with Crippen LogP contribution < -0.4 is 5.32 Å². The van der Waals surface area contributed by atoms with Crippen LogP contribution in [0, 0.1) is 6.92 Å². The van der Waals surface area contributed by atoms with Crippen LogP contribution >= 0.6 is 34.7 Å². The number of amides is 1. The first-order valence-corrected chi connectivity index (χ1v) is 10.7. The van der Waals surface area contributed by atoms with Gasteiger partial charge in [0.25, 0.3) is 0 Å². The third kappa shape index (κ3) is 5.12. The van der Waals surface area contributed by atoms with Crippen molar-refractivity contribution in [3.05, 3.63) is 45.1 Å². The van der Waals surface area contributed by atoms with Gasteiger partial charge in [0.15, 0.2) is 11.0 Å². The lowest BCUT2D eigenvalue weighted by atomic mass is 10.2. The molecule has 1 N–H and O–H groups in total. The van der Waals surface area contributed by atoms with Gasteiger partial charge in [-0.2, -0.15) is 13.2 Å². The summed E-state index contributed by atoms with van der Waals surface area (Å²) in [7, 11) is 0. The van der Waals surface area contributed by atoms with Crippen LogP contribution in [-0.2, 0) is 17.5 Å². The van der Waals surface area contributed by atoms with E-state index in [0.29, 0.717) is 17.5 Å². The van der Waals surface area contributed by atoms with Gasteiger partial charge in [-0.25, -0.2) is 0 Å². The second-order valence-electron chi connectivity index (χ2n) is 6.03. The van der Waals surface area contributed by atoms with E-state index in [4.69, 9.17) is 11.6 Å². The molecule has 0 bridgehead atoms. The Morgan fingerprint density at radius 1 is 1.31 bits per heavy atom. The van der Waals surface area contributed by atoms with E-state index in [9.17, 15) is 18.0 Å². The molecule has 3 aromatic rings. The summed E-state index contributed by atoms with van der Waals surface area (Å²) >= 11 is 8.67. The van der Waals surface area contributed by atoms with Gasteiger partial charge >= 0.3 is 6.18 Å². The minimum atomic E-state index is -4.52. The topological polar surface area (TPSA) is 59.8 Å². The number of aromatic nitrogens is 3. The maximum atomic E-state index is 12.9. The Hall–Kier alpha value is -2.04. The average Bonchev–Trinajstić information content (AvgIpc) is 3.26. The molecule has 2 aromatic heterocycles. The fraction of sp³-hybridized carbons (Fsp3) is 0.278. The first-order chi connectivity index (χ1) is 13.7. The number of rotatable bonds is 6. The molecule has 0 radical (unpaired) electrons. The number of aryl methyl sites for hydroxylation is 1. The molecule has 1 amide bonds. The maximum absolute atomic E-state index is 12.9. The van der Waals surface area contributed by atoms with Gasteiger partial charge in [-0.05, 0) is 38.1 Å². The van der Waals surface area contributed by atoms with Crippen molar-refractivity contribution in [3.63, 3.8) is 0 Å². The van der Waals surface area contributed by atoms with E-state index in [1.54, 1.807) is 11.3 Å². The highest BCUT2D eigenvalue weighted by Gasteiger charge is 2.31. The maximum Gasteiger partial charge on any atom is 0.416 e. The lowest BCUT2D eigenvalue weighted by Crippen LogP contribution is -2.16. The van der Waals surface area contributed by atoms with Crippen LogP contribution in [-0.4, -0.2) is 26.4 Å². The van der Waals surface area contributed by atoms with E-state index >= 15 is 0 Å². The Labute approximate surface area is 178 Å². The number of benzene rings is 1. The molecule has 0 aliphatic rings. The summed E-state index contributed by atoms with van der Waals surface area (Å²) in [5.41, 5.74) is -0.0151. The molecular weight excluding hydrogens is 445 g/mol. The van der Waals surface area contributed by atoms with E-state index in [2.05, 4.69) is 15.5 Å². The molecule has 0 unspecified atom stereocenters. The monoisotopic (exact) mass is 460 g/mol. The second kappa shape index (κ2) is 8.76. The van der Waals surface area contributed by atoms with E-state index in [-0.39, 0.29) is 16.5 Å². The largest absolute Gasteiger partial charge is 0.416 e. The van der Waals surface area contributed by atoms with E-state index in [1.807, 2.05) is 29.9 Å². The molecule has 0 atom stereocenters. The van der Waals surface area contributed by atoms with Gasteiger partial charge in [-0.1, -0.05) is 23.4 Å². The van der Waals surface area contributed by atoms with Gasteiger partial charge < -0.3 is 9.88 Å². The first kappa shape index (κ1) is 21.7. The molecule has 0 saturated carbocycles. The van der Waals surface area contributed by atoms with Gasteiger partial charge in [-0.3, -0.25) is 4.79 Å². The van der Waals surface area contributed by atoms with Crippen molar-refractivity contribution in [1.29, 1.82) is 0 Å². The van der Waals surface area contributed by atoms with Gasteiger partial charge in [0.1, 0.15) is 0 Å². The highest BCUT2D eigenvalue weighted by molar-refractivity contribution is 7.99. The number of nitrogens with zero attached hydrogens (tertiary/aromatic N) is 3. The zero-order chi connectivity index (χ0) is 21.2. The Kier molecular flexibility index (Phi) is 6.55. The number of hydrogen-bond acceptors (Lipinski definition) is 5. The number of hydrogen-bond donors (Lipinski definition) is 1. The average molecular weight is 461 g/mol. The van der Waals surface area contributed by atoms with E-state index < -0.39 is 17.6 Å². The first-order valence-electron chi connectivity index (χ1n) is 8.47. The van der Waals surface area contributed by atoms with Crippen molar-refractivity contribution in [2.45, 2.75) is 31.7 Å². The molecule has 2 heterocycles. The molecular formula is C18H16ClF3N4OS2. The van der Waals surface area contributed by atoms with Crippen LogP contribution in [0.3, 0.4) is 0 Å². The summed E-state index contributed by atoms with van der Waals surface area (Å²) in [6.07, 6.45) is -4.52. The van der Waals surface area contributed by atoms with Crippen LogP contribution in [0.15, 0.2) is 34.8 Å². The minimum absolute atomic E-state index is 0.0307. The molecule has 154 valence electrons. The van der Waals surface area contributed by atoms with Crippen LogP contribution in [0.4, 0.5) is 18.9 Å². The molecule has 5 nitrogen and oxygen atoms in total.